The van der Waals surface area contributed by atoms with Crippen LogP contribution in [0.15, 0.2) is 95.0 Å². The normalized spacial score (nSPS) is 18.2. The molecule has 0 saturated carbocycles. The molecule has 0 radical (unpaired) electrons. The number of aliphatic carboxylic acids is 1. The third-order valence-corrected chi connectivity index (χ3v) is 8.85. The maximum absolute atomic E-state index is 13.0. The third-order valence-electron chi connectivity index (χ3n) is 8.85. The zero-order valence-corrected chi connectivity index (χ0v) is 34.1. The predicted molar refractivity (Wildman–Crippen MR) is 192 cm³/mol. The average Bonchev–Trinajstić information content (AvgIpc) is 3.74. The molecule has 5 aromatic rings. The molecular formula is C38H39KN6O10. The number of aliphatic hydroxyl groups is 1. The number of aliphatic imine (C=N–C) groups is 1. The van der Waals surface area contributed by atoms with Gasteiger partial charge in [-0.25, -0.2) is 9.98 Å². The minimum Gasteiger partial charge on any atom is -0.550 e. The quantitative estimate of drug-likeness (QED) is 0.0435. The van der Waals surface area contributed by atoms with Crippen molar-refractivity contribution in [2.24, 2.45) is 4.99 Å². The standard InChI is InChI=1S/C38H40N6O10.K/c1-43(2)21-40-37-41-34-31(35(49)42-37)39-22-44(34)36-32(48)33(54-30(47)19-18-29(45)46)28(53-36)20-52-38(23-8-6-5-7-9-23,24-10-14-26(50-3)15-11-24)25-12-16-27(51-4)17-13-25;/h5-17,21-22,28,32-33,36,48H,18-20H2,1-4H3,(H,45,46)(H,41,42,49);/q;+1/p-1/t28-,32-,33-,36-;/m1./s1. The van der Waals surface area contributed by atoms with Gasteiger partial charge in [0.1, 0.15) is 29.3 Å². The molecule has 0 amide bonds. The Labute approximate surface area is 358 Å². The number of aromatic amines is 1. The Morgan fingerprint density at radius 2 is 1.58 bits per heavy atom. The van der Waals surface area contributed by atoms with Crippen LogP contribution in [0.3, 0.4) is 0 Å². The molecule has 1 saturated heterocycles. The number of fused-ring (bicyclic) bond motifs is 1. The van der Waals surface area contributed by atoms with Gasteiger partial charge >= 0.3 is 57.4 Å². The molecule has 6 rings (SSSR count). The predicted octanol–water partition coefficient (Wildman–Crippen LogP) is -0.929. The number of esters is 1. The minimum atomic E-state index is -1.55. The van der Waals surface area contributed by atoms with Crippen LogP contribution in [0.5, 0.6) is 11.5 Å². The van der Waals surface area contributed by atoms with Crippen LogP contribution >= 0.6 is 0 Å². The largest absolute Gasteiger partial charge is 1.00 e. The summed E-state index contributed by atoms with van der Waals surface area (Å²) in [5.41, 5.74) is 0.304. The Kier molecular flexibility index (Phi) is 14.0. The number of methoxy groups -OCH3 is 2. The molecule has 1 fully saturated rings. The third kappa shape index (κ3) is 9.16. The van der Waals surface area contributed by atoms with Gasteiger partial charge in [0.15, 0.2) is 23.5 Å². The average molecular weight is 779 g/mol. The van der Waals surface area contributed by atoms with Crippen molar-refractivity contribution in [1.29, 1.82) is 0 Å². The molecule has 16 nitrogen and oxygen atoms in total. The molecule has 0 bridgehead atoms. The second-order valence-corrected chi connectivity index (χ2v) is 12.6. The molecule has 55 heavy (non-hydrogen) atoms. The molecule has 1 aliphatic rings. The summed E-state index contributed by atoms with van der Waals surface area (Å²) in [7, 11) is 6.64. The van der Waals surface area contributed by atoms with E-state index in [1.54, 1.807) is 33.2 Å². The first kappa shape index (κ1) is 41.7. The number of aromatic nitrogens is 4. The fourth-order valence-corrected chi connectivity index (χ4v) is 6.26. The number of benzene rings is 3. The van der Waals surface area contributed by atoms with Crippen LogP contribution in [-0.4, -0.2) is 101 Å². The van der Waals surface area contributed by atoms with Gasteiger partial charge in [0, 0.05) is 20.1 Å². The van der Waals surface area contributed by atoms with Crippen molar-refractivity contribution in [3.05, 3.63) is 112 Å². The molecule has 282 valence electrons. The van der Waals surface area contributed by atoms with Gasteiger partial charge in [-0.1, -0.05) is 54.6 Å². The van der Waals surface area contributed by atoms with Crippen LogP contribution in [0, 0.1) is 0 Å². The van der Waals surface area contributed by atoms with E-state index in [2.05, 4.69) is 19.9 Å². The SMILES string of the molecule is COc1ccc(C(OC[C@H]2O[C@@H](n3cnc4c(=O)[nH]c(N=CN(C)C)nc43)[C@H](O)[C@@H]2OC(=O)CCC(=O)[O-])(c2ccccc2)c2ccc(OC)cc2)cc1.[K+]. The summed E-state index contributed by atoms with van der Waals surface area (Å²) >= 11 is 0. The smallest absolute Gasteiger partial charge is 0.550 e. The molecule has 1 aliphatic heterocycles. The second-order valence-electron chi connectivity index (χ2n) is 12.6. The molecule has 0 spiro atoms. The number of hydrogen-bond donors (Lipinski definition) is 2. The van der Waals surface area contributed by atoms with Crippen LogP contribution in [0.25, 0.3) is 11.2 Å². The van der Waals surface area contributed by atoms with E-state index in [0.29, 0.717) is 22.6 Å². The zero-order chi connectivity index (χ0) is 38.4. The van der Waals surface area contributed by atoms with Crippen molar-refractivity contribution in [2.45, 2.75) is 43.0 Å². The van der Waals surface area contributed by atoms with E-state index in [0.717, 1.165) is 5.56 Å². The van der Waals surface area contributed by atoms with E-state index in [9.17, 15) is 24.6 Å². The van der Waals surface area contributed by atoms with Gasteiger partial charge in [0.2, 0.25) is 5.95 Å². The van der Waals surface area contributed by atoms with Crippen molar-refractivity contribution < 1.29 is 94.9 Å². The fourth-order valence-electron chi connectivity index (χ4n) is 6.26. The number of carboxylic acid groups (broad SMARTS) is 1. The maximum atomic E-state index is 13.0. The first-order valence-electron chi connectivity index (χ1n) is 16.9. The molecule has 2 aromatic heterocycles. The van der Waals surface area contributed by atoms with Crippen LogP contribution in [-0.2, 0) is 29.4 Å². The number of ether oxygens (including phenoxy) is 5. The van der Waals surface area contributed by atoms with E-state index in [-0.39, 0.29) is 75.1 Å². The van der Waals surface area contributed by atoms with Crippen LogP contribution in [0.1, 0.15) is 35.8 Å². The van der Waals surface area contributed by atoms with E-state index in [4.69, 9.17) is 23.7 Å². The number of carboxylic acids is 1. The molecule has 0 aliphatic carbocycles. The van der Waals surface area contributed by atoms with Crippen LogP contribution in [0.4, 0.5) is 5.95 Å². The number of rotatable bonds is 15. The summed E-state index contributed by atoms with van der Waals surface area (Å²) in [6, 6.07) is 24.2. The summed E-state index contributed by atoms with van der Waals surface area (Å²) in [5.74, 6) is -1.11. The van der Waals surface area contributed by atoms with Crippen molar-refractivity contribution in [1.82, 2.24) is 24.4 Å². The van der Waals surface area contributed by atoms with Crippen LogP contribution in [0.2, 0.25) is 0 Å². The Morgan fingerprint density at radius 3 is 2.15 bits per heavy atom. The number of aliphatic hydroxyl groups excluding tert-OH is 1. The number of carbonyl (C=O) groups excluding carboxylic acids is 2. The maximum Gasteiger partial charge on any atom is 1.00 e. The van der Waals surface area contributed by atoms with E-state index in [1.807, 2.05) is 78.9 Å². The molecule has 3 aromatic carbocycles. The Hall–Kier alpha value is -4.46. The van der Waals surface area contributed by atoms with Crippen molar-refractivity contribution >= 4 is 35.4 Å². The summed E-state index contributed by atoms with van der Waals surface area (Å²) in [6.07, 6.45) is -3.70. The molecule has 17 heteroatoms. The Morgan fingerprint density at radius 1 is 0.982 bits per heavy atom. The number of nitrogens with one attached hydrogen (secondary N) is 1. The molecular weight excluding hydrogens is 740 g/mol. The van der Waals surface area contributed by atoms with Gasteiger partial charge in [-0.3, -0.25) is 19.1 Å². The summed E-state index contributed by atoms with van der Waals surface area (Å²) < 4.78 is 31.4. The van der Waals surface area contributed by atoms with Crippen molar-refractivity contribution in [3.63, 3.8) is 0 Å². The fraction of sp³-hybridized carbons (Fsp3) is 0.316. The summed E-state index contributed by atoms with van der Waals surface area (Å²) in [5, 5.41) is 22.9. The van der Waals surface area contributed by atoms with Crippen molar-refractivity contribution in [2.75, 3.05) is 34.9 Å². The van der Waals surface area contributed by atoms with E-state index in [1.165, 1.54) is 17.2 Å². The van der Waals surface area contributed by atoms with Gasteiger partial charge in [-0.2, -0.15) is 4.98 Å². The number of carbonyl (C=O) groups is 2. The molecule has 3 heterocycles. The van der Waals surface area contributed by atoms with Gasteiger partial charge < -0.3 is 43.6 Å². The molecule has 0 unspecified atom stereocenters. The summed E-state index contributed by atoms with van der Waals surface area (Å²) in [6.45, 7) is -0.266. The first-order chi connectivity index (χ1) is 26.0. The Balaban J connectivity index is 0.00000580. The number of hydrogen-bond acceptors (Lipinski definition) is 13. The minimum absolute atomic E-state index is 0. The van der Waals surface area contributed by atoms with Crippen LogP contribution < -0.4 is 71.5 Å². The van der Waals surface area contributed by atoms with Gasteiger partial charge in [0.05, 0.1) is 39.9 Å². The topological polar surface area (TPSA) is 203 Å². The monoisotopic (exact) mass is 778 g/mol. The molecule has 4 atom stereocenters. The summed E-state index contributed by atoms with van der Waals surface area (Å²) in [4.78, 5) is 54.1. The second kappa shape index (κ2) is 18.4. The van der Waals surface area contributed by atoms with E-state index < -0.39 is 60.5 Å². The van der Waals surface area contributed by atoms with Crippen molar-refractivity contribution in [3.8, 4) is 11.5 Å². The van der Waals surface area contributed by atoms with Gasteiger partial charge in [-0.05, 0) is 47.4 Å². The number of imidazole rings is 1. The number of nitrogens with zero attached hydrogens (tertiary/aromatic N) is 5. The zero-order valence-electron chi connectivity index (χ0n) is 30.9. The van der Waals surface area contributed by atoms with Gasteiger partial charge in [-0.15, -0.1) is 0 Å². The van der Waals surface area contributed by atoms with E-state index >= 15 is 0 Å². The Bertz CT molecular complexity index is 2110. The molecule has 2 N–H and O–H groups in total. The first-order valence-corrected chi connectivity index (χ1v) is 16.9. The van der Waals surface area contributed by atoms with Gasteiger partial charge in [0.25, 0.3) is 5.56 Å². The number of H-pyrrole nitrogens is 1.